The second kappa shape index (κ2) is 6.10. The minimum absolute atomic E-state index is 0.194. The Morgan fingerprint density at radius 1 is 1.35 bits per heavy atom. The molecule has 0 unspecified atom stereocenters. The van der Waals surface area contributed by atoms with Gasteiger partial charge >= 0.3 is 0 Å². The fraction of sp³-hybridized carbons (Fsp3) is 0.533. The lowest BCUT2D eigenvalue weighted by Crippen LogP contribution is -2.42. The summed E-state index contributed by atoms with van der Waals surface area (Å²) in [7, 11) is 1.68. The molecule has 2 aromatic heterocycles. The van der Waals surface area contributed by atoms with Gasteiger partial charge in [-0.05, 0) is 25.8 Å². The van der Waals surface area contributed by atoms with Gasteiger partial charge in [-0.1, -0.05) is 19.0 Å². The Kier molecular flexibility index (Phi) is 4.53. The van der Waals surface area contributed by atoms with Gasteiger partial charge in [0.05, 0.1) is 11.2 Å². The van der Waals surface area contributed by atoms with E-state index in [0.717, 1.165) is 11.8 Å². The number of alkyl halides is 2. The van der Waals surface area contributed by atoms with E-state index in [4.69, 9.17) is 0 Å². The van der Waals surface area contributed by atoms with Crippen molar-refractivity contribution in [1.82, 2.24) is 20.3 Å². The van der Waals surface area contributed by atoms with Gasteiger partial charge in [0.1, 0.15) is 11.4 Å². The van der Waals surface area contributed by atoms with Crippen LogP contribution in [0.2, 0.25) is 0 Å². The van der Waals surface area contributed by atoms with E-state index in [2.05, 4.69) is 20.1 Å². The van der Waals surface area contributed by atoms with Crippen LogP contribution in [-0.4, -0.2) is 20.8 Å². The summed E-state index contributed by atoms with van der Waals surface area (Å²) < 4.78 is 31.3. The van der Waals surface area contributed by atoms with E-state index in [1.54, 1.807) is 27.0 Å². The minimum atomic E-state index is -2.74. The Morgan fingerprint density at radius 2 is 2.00 bits per heavy atom. The number of hydrogen-bond acceptors (Lipinski definition) is 4. The highest BCUT2D eigenvalue weighted by molar-refractivity contribution is 5.93. The number of amides is 1. The van der Waals surface area contributed by atoms with E-state index in [1.807, 2.05) is 13.8 Å². The number of hydrogen-bond donors (Lipinski definition) is 1. The fourth-order valence-corrected chi connectivity index (χ4v) is 2.08. The summed E-state index contributed by atoms with van der Waals surface area (Å²) in [6, 6.07) is 2.86. The molecule has 0 radical (unpaired) electrons. The molecular formula is C15H20F2N4O2. The molecule has 0 atom stereocenters. The van der Waals surface area contributed by atoms with Crippen molar-refractivity contribution in [2.24, 2.45) is 7.05 Å². The largest absolute Gasteiger partial charge is 0.355 e. The zero-order valence-corrected chi connectivity index (χ0v) is 13.7. The monoisotopic (exact) mass is 326 g/mol. The van der Waals surface area contributed by atoms with Crippen LogP contribution in [0.5, 0.6) is 0 Å². The molecule has 8 heteroatoms. The van der Waals surface area contributed by atoms with Crippen LogP contribution < -0.4 is 5.32 Å². The van der Waals surface area contributed by atoms with Gasteiger partial charge in [0, 0.05) is 13.1 Å². The third kappa shape index (κ3) is 3.57. The van der Waals surface area contributed by atoms with Crippen LogP contribution in [0.25, 0.3) is 0 Å². The molecule has 1 N–H and O–H groups in total. The van der Waals surface area contributed by atoms with Gasteiger partial charge in [-0.25, -0.2) is 8.78 Å². The van der Waals surface area contributed by atoms with Crippen molar-refractivity contribution in [3.8, 4) is 0 Å². The van der Waals surface area contributed by atoms with Gasteiger partial charge in [-0.2, -0.15) is 5.10 Å². The molecule has 0 aromatic carbocycles. The number of halogens is 2. The van der Waals surface area contributed by atoms with E-state index >= 15 is 0 Å². The first-order valence-corrected chi connectivity index (χ1v) is 7.23. The quantitative estimate of drug-likeness (QED) is 0.916. The molecule has 0 aliphatic rings. The number of rotatable bonds is 5. The highest BCUT2D eigenvalue weighted by Gasteiger charge is 2.30. The van der Waals surface area contributed by atoms with Crippen LogP contribution in [0.15, 0.2) is 16.7 Å². The molecule has 2 aromatic rings. The summed E-state index contributed by atoms with van der Waals surface area (Å²) in [5.41, 5.74) is 0.458. The zero-order valence-electron chi connectivity index (χ0n) is 13.7. The Bertz CT molecular complexity index is 704. The number of nitrogens with zero attached hydrogens (tertiary/aromatic N) is 3. The van der Waals surface area contributed by atoms with Crippen LogP contribution in [-0.2, 0) is 12.6 Å². The third-order valence-corrected chi connectivity index (χ3v) is 3.53. The molecule has 0 bridgehead atoms. The van der Waals surface area contributed by atoms with Crippen LogP contribution in [0.3, 0.4) is 0 Å². The van der Waals surface area contributed by atoms with Crippen molar-refractivity contribution in [3.63, 3.8) is 0 Å². The van der Waals surface area contributed by atoms with Crippen molar-refractivity contribution in [2.45, 2.75) is 45.6 Å². The van der Waals surface area contributed by atoms with Gasteiger partial charge in [-0.3, -0.25) is 9.48 Å². The molecule has 0 saturated heterocycles. The summed E-state index contributed by atoms with van der Waals surface area (Å²) in [6.45, 7) is 7.29. The van der Waals surface area contributed by atoms with Crippen LogP contribution in [0.1, 0.15) is 67.7 Å². The molecule has 6 nitrogen and oxygen atoms in total. The zero-order chi connectivity index (χ0) is 17.4. The lowest BCUT2D eigenvalue weighted by molar-refractivity contribution is 0.0897. The molecule has 0 fully saturated rings. The number of aromatic nitrogens is 3. The Balaban J connectivity index is 2.20. The normalized spacial score (nSPS) is 12.2. The first kappa shape index (κ1) is 17.1. The summed E-state index contributed by atoms with van der Waals surface area (Å²) in [5.74, 6) is -0.691. The predicted octanol–water partition coefficient (Wildman–Crippen LogP) is 3.13. The molecule has 2 heterocycles. The molecular weight excluding hydrogens is 306 g/mol. The van der Waals surface area contributed by atoms with Crippen LogP contribution >= 0.6 is 0 Å². The molecule has 0 saturated carbocycles. The second-order valence-corrected chi connectivity index (χ2v) is 6.23. The summed E-state index contributed by atoms with van der Waals surface area (Å²) in [6.07, 6.45) is -2.74. The summed E-state index contributed by atoms with van der Waals surface area (Å²) in [4.78, 5) is 12.5. The fourth-order valence-electron chi connectivity index (χ4n) is 2.08. The maximum atomic E-state index is 12.6. The van der Waals surface area contributed by atoms with Crippen molar-refractivity contribution in [2.75, 3.05) is 0 Å². The Labute approximate surface area is 132 Å². The Hall–Kier alpha value is -2.25. The first-order valence-electron chi connectivity index (χ1n) is 7.23. The van der Waals surface area contributed by atoms with Crippen molar-refractivity contribution < 1.29 is 18.1 Å². The Morgan fingerprint density at radius 3 is 2.48 bits per heavy atom. The lowest BCUT2D eigenvalue weighted by atomic mass is 10.00. The smallest absolute Gasteiger partial charge is 0.298 e. The van der Waals surface area contributed by atoms with Crippen molar-refractivity contribution >= 4 is 5.91 Å². The van der Waals surface area contributed by atoms with E-state index in [0.29, 0.717) is 5.69 Å². The highest BCUT2D eigenvalue weighted by atomic mass is 19.3. The van der Waals surface area contributed by atoms with Crippen LogP contribution in [0.4, 0.5) is 8.78 Å². The summed E-state index contributed by atoms with van der Waals surface area (Å²) >= 11 is 0. The second-order valence-electron chi connectivity index (χ2n) is 6.23. The first-order chi connectivity index (χ1) is 10.6. The van der Waals surface area contributed by atoms with Crippen LogP contribution in [0, 0.1) is 0 Å². The average Bonchev–Trinajstić information content (AvgIpc) is 3.04. The van der Waals surface area contributed by atoms with Crippen molar-refractivity contribution in [1.29, 1.82) is 0 Å². The van der Waals surface area contributed by atoms with E-state index in [1.165, 1.54) is 4.68 Å². The van der Waals surface area contributed by atoms with Crippen molar-refractivity contribution in [3.05, 3.63) is 35.0 Å². The third-order valence-electron chi connectivity index (χ3n) is 3.53. The highest BCUT2D eigenvalue weighted by Crippen LogP contribution is 2.25. The maximum Gasteiger partial charge on any atom is 0.298 e. The van der Waals surface area contributed by atoms with E-state index in [9.17, 15) is 13.6 Å². The summed E-state index contributed by atoms with van der Waals surface area (Å²) in [5, 5.41) is 10.7. The van der Waals surface area contributed by atoms with Gasteiger partial charge in [0.2, 0.25) is 5.76 Å². The maximum absolute atomic E-state index is 12.6. The SMILES string of the molecule is CC(C)c1cc(C(=O)NC(C)(C)c2cc(C(F)F)on2)n(C)n1. The molecule has 0 aliphatic carbocycles. The average molecular weight is 326 g/mol. The lowest BCUT2D eigenvalue weighted by Gasteiger charge is -2.23. The van der Waals surface area contributed by atoms with Gasteiger partial charge in [-0.15, -0.1) is 0 Å². The topological polar surface area (TPSA) is 73.0 Å². The molecule has 2 rings (SSSR count). The molecule has 1 amide bonds. The number of aryl methyl sites for hydroxylation is 1. The molecule has 23 heavy (non-hydrogen) atoms. The standard InChI is InChI=1S/C15H20F2N4O2/c1-8(2)9-6-10(21(5)19-9)14(22)18-15(3,4)12-7-11(13(16)17)23-20-12/h6-8,13H,1-5H3,(H,18,22). The van der Waals surface area contributed by atoms with E-state index < -0.39 is 17.7 Å². The minimum Gasteiger partial charge on any atom is -0.355 e. The molecule has 0 spiro atoms. The van der Waals surface area contributed by atoms with Gasteiger partial charge in [0.15, 0.2) is 0 Å². The number of carbonyl (C=O) groups is 1. The molecule has 126 valence electrons. The number of carbonyl (C=O) groups excluding carboxylic acids is 1. The van der Waals surface area contributed by atoms with E-state index in [-0.39, 0.29) is 17.5 Å². The van der Waals surface area contributed by atoms with Gasteiger partial charge < -0.3 is 9.84 Å². The number of nitrogens with one attached hydrogen (secondary N) is 1. The predicted molar refractivity (Wildman–Crippen MR) is 79.2 cm³/mol. The molecule has 0 aliphatic heterocycles. The van der Waals surface area contributed by atoms with Gasteiger partial charge in [0.25, 0.3) is 12.3 Å².